The van der Waals surface area contributed by atoms with Crippen molar-refractivity contribution in [1.29, 1.82) is 0 Å². The van der Waals surface area contributed by atoms with Crippen molar-refractivity contribution in [1.82, 2.24) is 9.88 Å². The van der Waals surface area contributed by atoms with Crippen molar-refractivity contribution in [2.24, 2.45) is 0 Å². The highest BCUT2D eigenvalue weighted by Gasteiger charge is 2.42. The second-order valence-corrected chi connectivity index (χ2v) is 8.06. The van der Waals surface area contributed by atoms with Crippen LogP contribution >= 0.6 is 0 Å². The molecule has 160 valence electrons. The van der Waals surface area contributed by atoms with Crippen molar-refractivity contribution in [3.8, 4) is 5.75 Å². The van der Waals surface area contributed by atoms with E-state index in [0.717, 1.165) is 24.6 Å². The summed E-state index contributed by atoms with van der Waals surface area (Å²) in [4.78, 5) is 19.7. The van der Waals surface area contributed by atoms with E-state index >= 15 is 0 Å². The molecular formula is C25H24F2N2O2. The van der Waals surface area contributed by atoms with E-state index in [1.54, 1.807) is 24.5 Å². The van der Waals surface area contributed by atoms with Crippen molar-refractivity contribution in [3.05, 3.63) is 94.8 Å². The van der Waals surface area contributed by atoms with E-state index in [0.29, 0.717) is 29.0 Å². The lowest BCUT2D eigenvalue weighted by Gasteiger charge is -2.20. The summed E-state index contributed by atoms with van der Waals surface area (Å²) in [6.45, 7) is 1.44. The smallest absolute Gasteiger partial charge is 0.171 e. The van der Waals surface area contributed by atoms with Crippen LogP contribution in [0.1, 0.15) is 45.3 Å². The van der Waals surface area contributed by atoms with Gasteiger partial charge < -0.3 is 9.64 Å². The number of Topliss-reactive ketones (excluding diaryl/α,β-unsaturated/α-hetero) is 1. The molecule has 1 aliphatic carbocycles. The van der Waals surface area contributed by atoms with Crippen LogP contribution in [0.25, 0.3) is 0 Å². The minimum absolute atomic E-state index is 0.101. The Hall–Kier alpha value is -3.12. The number of benzene rings is 2. The number of ketones is 1. The largest absolute Gasteiger partial charge is 0.494 e. The van der Waals surface area contributed by atoms with Crippen molar-refractivity contribution in [2.75, 3.05) is 27.2 Å². The van der Waals surface area contributed by atoms with Crippen molar-refractivity contribution in [2.45, 2.75) is 18.3 Å². The fourth-order valence-electron chi connectivity index (χ4n) is 4.21. The van der Waals surface area contributed by atoms with Crippen LogP contribution in [0.4, 0.5) is 8.78 Å². The molecular weight excluding hydrogens is 398 g/mol. The monoisotopic (exact) mass is 422 g/mol. The van der Waals surface area contributed by atoms with Gasteiger partial charge in [-0.2, -0.15) is 0 Å². The molecule has 31 heavy (non-hydrogen) atoms. The SMILES string of the molecule is CN(C)CCCOc1ccc2c(c1)C(=O)C(c1cccnc1)C2c1cc(F)cc(F)c1. The van der Waals surface area contributed by atoms with E-state index in [1.807, 2.05) is 32.3 Å². The molecule has 3 aromatic rings. The summed E-state index contributed by atoms with van der Waals surface area (Å²) < 4.78 is 33.9. The third-order valence-corrected chi connectivity index (χ3v) is 5.55. The predicted molar refractivity (Wildman–Crippen MR) is 115 cm³/mol. The minimum Gasteiger partial charge on any atom is -0.494 e. The highest BCUT2D eigenvalue weighted by Crippen LogP contribution is 2.48. The summed E-state index contributed by atoms with van der Waals surface area (Å²) in [6, 6.07) is 12.4. The third-order valence-electron chi connectivity index (χ3n) is 5.55. The van der Waals surface area contributed by atoms with Crippen LogP contribution in [0.3, 0.4) is 0 Å². The zero-order valence-electron chi connectivity index (χ0n) is 17.5. The van der Waals surface area contributed by atoms with E-state index < -0.39 is 23.5 Å². The molecule has 6 heteroatoms. The van der Waals surface area contributed by atoms with Gasteiger partial charge in [0, 0.05) is 36.5 Å². The molecule has 4 rings (SSSR count). The van der Waals surface area contributed by atoms with Gasteiger partial charge in [0.05, 0.1) is 12.5 Å². The van der Waals surface area contributed by atoms with E-state index in [1.165, 1.54) is 12.1 Å². The average molecular weight is 422 g/mol. The Morgan fingerprint density at radius 3 is 2.45 bits per heavy atom. The molecule has 2 atom stereocenters. The number of ether oxygens (including phenoxy) is 1. The number of hydrogen-bond donors (Lipinski definition) is 0. The first kappa shape index (κ1) is 21.1. The normalized spacial score (nSPS) is 17.8. The van der Waals surface area contributed by atoms with Crippen LogP contribution in [0, 0.1) is 11.6 Å². The van der Waals surface area contributed by atoms with Gasteiger partial charge in [-0.05, 0) is 67.5 Å². The number of pyridine rings is 1. The van der Waals surface area contributed by atoms with Gasteiger partial charge in [0.25, 0.3) is 0 Å². The van der Waals surface area contributed by atoms with Gasteiger partial charge in [0.15, 0.2) is 5.78 Å². The Kier molecular flexibility index (Phi) is 6.09. The van der Waals surface area contributed by atoms with Crippen LogP contribution in [0.2, 0.25) is 0 Å². The van der Waals surface area contributed by atoms with Gasteiger partial charge in [-0.1, -0.05) is 12.1 Å². The quantitative estimate of drug-likeness (QED) is 0.513. The molecule has 1 heterocycles. The number of fused-ring (bicyclic) bond motifs is 1. The first-order valence-corrected chi connectivity index (χ1v) is 10.3. The molecule has 0 aliphatic heterocycles. The molecule has 0 N–H and O–H groups in total. The summed E-state index contributed by atoms with van der Waals surface area (Å²) >= 11 is 0. The van der Waals surface area contributed by atoms with Gasteiger partial charge >= 0.3 is 0 Å². The predicted octanol–water partition coefficient (Wildman–Crippen LogP) is 4.80. The first-order valence-electron chi connectivity index (χ1n) is 10.3. The summed E-state index contributed by atoms with van der Waals surface area (Å²) in [7, 11) is 4.00. The number of aromatic nitrogens is 1. The molecule has 1 aliphatic rings. The lowest BCUT2D eigenvalue weighted by atomic mass is 9.82. The Balaban J connectivity index is 1.72. The molecule has 0 bridgehead atoms. The lowest BCUT2D eigenvalue weighted by molar-refractivity contribution is 0.0967. The molecule has 1 aromatic heterocycles. The van der Waals surface area contributed by atoms with Crippen molar-refractivity contribution >= 4 is 5.78 Å². The number of halogens is 2. The number of hydrogen-bond acceptors (Lipinski definition) is 4. The van der Waals surface area contributed by atoms with E-state index in [-0.39, 0.29) is 5.78 Å². The van der Waals surface area contributed by atoms with Crippen LogP contribution in [0.15, 0.2) is 60.9 Å². The zero-order chi connectivity index (χ0) is 22.0. The maximum atomic E-state index is 14.0. The Bertz CT molecular complexity index is 1070. The Morgan fingerprint density at radius 1 is 1.00 bits per heavy atom. The average Bonchev–Trinajstić information content (AvgIpc) is 3.03. The molecule has 0 saturated heterocycles. The van der Waals surface area contributed by atoms with Gasteiger partial charge in [-0.25, -0.2) is 8.78 Å². The third kappa shape index (κ3) is 4.49. The summed E-state index contributed by atoms with van der Waals surface area (Å²) in [5.41, 5.74) is 2.41. The molecule has 0 spiro atoms. The lowest BCUT2D eigenvalue weighted by Crippen LogP contribution is -2.15. The number of nitrogens with zero attached hydrogens (tertiary/aromatic N) is 2. The zero-order valence-corrected chi connectivity index (χ0v) is 17.5. The summed E-state index contributed by atoms with van der Waals surface area (Å²) in [5, 5.41) is 0. The second kappa shape index (κ2) is 8.94. The van der Waals surface area contributed by atoms with Crippen LogP contribution in [-0.2, 0) is 0 Å². The summed E-state index contributed by atoms with van der Waals surface area (Å²) in [6.07, 6.45) is 4.13. The molecule has 0 saturated carbocycles. The van der Waals surface area contributed by atoms with Gasteiger partial charge in [-0.15, -0.1) is 0 Å². The van der Waals surface area contributed by atoms with Gasteiger partial charge in [0.1, 0.15) is 17.4 Å². The Morgan fingerprint density at radius 2 is 1.77 bits per heavy atom. The van der Waals surface area contributed by atoms with E-state index in [2.05, 4.69) is 9.88 Å². The maximum Gasteiger partial charge on any atom is 0.171 e. The van der Waals surface area contributed by atoms with E-state index in [4.69, 9.17) is 4.74 Å². The molecule has 0 amide bonds. The number of carbonyl (C=O) groups excluding carboxylic acids is 1. The highest BCUT2D eigenvalue weighted by molar-refractivity contribution is 6.07. The van der Waals surface area contributed by atoms with Crippen molar-refractivity contribution in [3.63, 3.8) is 0 Å². The van der Waals surface area contributed by atoms with Crippen LogP contribution < -0.4 is 4.74 Å². The fourth-order valence-corrected chi connectivity index (χ4v) is 4.21. The van der Waals surface area contributed by atoms with Crippen LogP contribution in [-0.4, -0.2) is 42.9 Å². The maximum absolute atomic E-state index is 14.0. The molecule has 2 aromatic carbocycles. The van der Waals surface area contributed by atoms with E-state index in [9.17, 15) is 13.6 Å². The molecule has 0 fully saturated rings. The van der Waals surface area contributed by atoms with Crippen LogP contribution in [0.5, 0.6) is 5.75 Å². The fraction of sp³-hybridized carbons (Fsp3) is 0.280. The topological polar surface area (TPSA) is 42.4 Å². The molecule has 2 unspecified atom stereocenters. The van der Waals surface area contributed by atoms with Gasteiger partial charge in [0.2, 0.25) is 0 Å². The molecule has 0 radical (unpaired) electrons. The standard InChI is InChI=1S/C25H24F2N2O2/c1-29(2)9-4-10-31-20-6-7-21-22(14-20)25(30)24(16-5-3-8-28-15-16)23(21)17-11-18(26)13-19(27)12-17/h3,5-8,11-15,23-24H,4,9-10H2,1-2H3. The highest BCUT2D eigenvalue weighted by atomic mass is 19.1. The van der Waals surface area contributed by atoms with Crippen molar-refractivity contribution < 1.29 is 18.3 Å². The van der Waals surface area contributed by atoms with Gasteiger partial charge in [-0.3, -0.25) is 9.78 Å². The second-order valence-electron chi connectivity index (χ2n) is 8.06. The summed E-state index contributed by atoms with van der Waals surface area (Å²) in [5.74, 6) is -1.92. The number of rotatable bonds is 7. The first-order chi connectivity index (χ1) is 14.9. The number of carbonyl (C=O) groups is 1. The Labute approximate surface area is 180 Å². The minimum atomic E-state index is -0.665. The molecule has 4 nitrogen and oxygen atoms in total.